The minimum Gasteiger partial charge on any atom is -0.459 e. The van der Waals surface area contributed by atoms with Crippen LogP contribution in [0.2, 0.25) is 0 Å². The van der Waals surface area contributed by atoms with E-state index in [-0.39, 0.29) is 30.4 Å². The molecule has 2 N–H and O–H groups in total. The first-order valence-corrected chi connectivity index (χ1v) is 11.6. The molecule has 2 aromatic carbocycles. The van der Waals surface area contributed by atoms with Crippen molar-refractivity contribution in [1.82, 2.24) is 9.80 Å². The minimum atomic E-state index is -0.381. The molecule has 1 aliphatic heterocycles. The van der Waals surface area contributed by atoms with Gasteiger partial charge in [0.2, 0.25) is 11.8 Å². The summed E-state index contributed by atoms with van der Waals surface area (Å²) in [6.07, 6.45) is -0.181. The number of ether oxygens (including phenoxy) is 1. The molecular weight excluding hydrogens is 432 g/mol. The predicted molar refractivity (Wildman–Crippen MR) is 133 cm³/mol. The van der Waals surface area contributed by atoms with Crippen molar-refractivity contribution in [1.29, 1.82) is 0 Å². The maximum atomic E-state index is 12.5. The first kappa shape index (κ1) is 25.4. The van der Waals surface area contributed by atoms with Gasteiger partial charge in [0.1, 0.15) is 0 Å². The Balaban J connectivity index is 1.40. The van der Waals surface area contributed by atoms with Crippen molar-refractivity contribution in [2.24, 2.45) is 0 Å². The summed E-state index contributed by atoms with van der Waals surface area (Å²) in [6.45, 7) is 11.1. The van der Waals surface area contributed by atoms with Crippen molar-refractivity contribution in [2.75, 3.05) is 49.9 Å². The van der Waals surface area contributed by atoms with Gasteiger partial charge >= 0.3 is 5.97 Å². The molecule has 0 saturated carbocycles. The van der Waals surface area contributed by atoms with E-state index >= 15 is 0 Å². The third-order valence-corrected chi connectivity index (χ3v) is 5.83. The number of carbonyl (C=O) groups excluding carboxylic acids is 3. The van der Waals surface area contributed by atoms with Gasteiger partial charge in [-0.25, -0.2) is 4.79 Å². The lowest BCUT2D eigenvalue weighted by molar-refractivity contribution is -0.120. The number of esters is 1. The molecule has 0 radical (unpaired) electrons. The topological polar surface area (TPSA) is 91.0 Å². The summed E-state index contributed by atoms with van der Waals surface area (Å²) in [5, 5.41) is 5.87. The summed E-state index contributed by atoms with van der Waals surface area (Å²) in [7, 11) is 0. The van der Waals surface area contributed by atoms with Crippen molar-refractivity contribution in [3.63, 3.8) is 0 Å². The number of anilines is 2. The van der Waals surface area contributed by atoms with Crippen LogP contribution in [-0.2, 0) is 14.3 Å². The van der Waals surface area contributed by atoms with E-state index in [0.29, 0.717) is 30.9 Å². The first-order valence-electron chi connectivity index (χ1n) is 11.6. The van der Waals surface area contributed by atoms with Gasteiger partial charge in [-0.2, -0.15) is 0 Å². The second kappa shape index (κ2) is 11.8. The Morgan fingerprint density at radius 1 is 0.853 bits per heavy atom. The van der Waals surface area contributed by atoms with Gasteiger partial charge in [-0.15, -0.1) is 0 Å². The zero-order chi connectivity index (χ0) is 24.7. The number of nitrogens with one attached hydrogen (secondary N) is 2. The molecule has 0 aliphatic carbocycles. The number of nitrogens with zero attached hydrogens (tertiary/aromatic N) is 2. The predicted octanol–water partition coefficient (Wildman–Crippen LogP) is 3.06. The summed E-state index contributed by atoms with van der Waals surface area (Å²) in [6, 6.07) is 12.6. The van der Waals surface area contributed by atoms with Crippen LogP contribution in [0.15, 0.2) is 42.5 Å². The highest BCUT2D eigenvalue weighted by Crippen LogP contribution is 2.18. The quantitative estimate of drug-likeness (QED) is 0.581. The molecule has 1 saturated heterocycles. The number of aryl methyl sites for hydroxylation is 1. The van der Waals surface area contributed by atoms with Crippen LogP contribution in [0.1, 0.15) is 35.3 Å². The Labute approximate surface area is 201 Å². The lowest BCUT2D eigenvalue weighted by atomic mass is 10.1. The number of hydrogen-bond acceptors (Lipinski definition) is 6. The molecule has 1 heterocycles. The number of carbonyl (C=O) groups is 3. The number of amides is 2. The molecule has 182 valence electrons. The number of benzene rings is 2. The summed E-state index contributed by atoms with van der Waals surface area (Å²) in [5.74, 6) is -0.521. The van der Waals surface area contributed by atoms with Gasteiger partial charge in [-0.3, -0.25) is 19.4 Å². The van der Waals surface area contributed by atoms with Crippen LogP contribution in [0, 0.1) is 13.8 Å². The Morgan fingerprint density at radius 3 is 1.97 bits per heavy atom. The molecule has 0 atom stereocenters. The van der Waals surface area contributed by atoms with E-state index in [1.807, 2.05) is 32.0 Å². The van der Waals surface area contributed by atoms with Gasteiger partial charge in [0, 0.05) is 37.6 Å². The monoisotopic (exact) mass is 466 g/mol. The molecule has 0 spiro atoms. The Kier molecular flexibility index (Phi) is 8.79. The molecule has 2 amide bonds. The fourth-order valence-corrected chi connectivity index (χ4v) is 3.76. The first-order chi connectivity index (χ1) is 16.2. The van der Waals surface area contributed by atoms with Crippen molar-refractivity contribution < 1.29 is 19.1 Å². The number of rotatable bonds is 8. The largest absolute Gasteiger partial charge is 0.459 e. The molecule has 8 nitrogen and oxygen atoms in total. The Hall–Kier alpha value is -3.23. The molecule has 1 fully saturated rings. The SMILES string of the molecule is Cc1cccc(NC(=O)CN2CCN(CC(=O)Nc3ccc(C(=O)OC(C)C)cc3)CC2)c1C. The molecule has 0 bridgehead atoms. The molecule has 34 heavy (non-hydrogen) atoms. The van der Waals surface area contributed by atoms with E-state index in [9.17, 15) is 14.4 Å². The van der Waals surface area contributed by atoms with E-state index in [1.54, 1.807) is 38.1 Å². The van der Waals surface area contributed by atoms with Crippen molar-refractivity contribution in [3.8, 4) is 0 Å². The summed E-state index contributed by atoms with van der Waals surface area (Å²) in [5.41, 5.74) is 4.16. The van der Waals surface area contributed by atoms with E-state index in [2.05, 4.69) is 20.4 Å². The third kappa shape index (κ3) is 7.40. The molecule has 2 aromatic rings. The Morgan fingerprint density at radius 2 is 1.41 bits per heavy atom. The van der Waals surface area contributed by atoms with Crippen LogP contribution in [0.3, 0.4) is 0 Å². The molecule has 0 aromatic heterocycles. The maximum Gasteiger partial charge on any atom is 0.338 e. The van der Waals surface area contributed by atoms with Crippen LogP contribution < -0.4 is 10.6 Å². The minimum absolute atomic E-state index is 0.0272. The summed E-state index contributed by atoms with van der Waals surface area (Å²) >= 11 is 0. The molecule has 0 unspecified atom stereocenters. The fraction of sp³-hybridized carbons (Fsp3) is 0.423. The molecular formula is C26H34N4O4. The summed E-state index contributed by atoms with van der Waals surface area (Å²) < 4.78 is 5.17. The van der Waals surface area contributed by atoms with E-state index in [0.717, 1.165) is 29.9 Å². The average molecular weight is 467 g/mol. The highest BCUT2D eigenvalue weighted by atomic mass is 16.5. The lowest BCUT2D eigenvalue weighted by Gasteiger charge is -2.33. The van der Waals surface area contributed by atoms with Crippen molar-refractivity contribution in [3.05, 3.63) is 59.2 Å². The average Bonchev–Trinajstić information content (AvgIpc) is 2.78. The fourth-order valence-electron chi connectivity index (χ4n) is 3.76. The number of hydrogen-bond donors (Lipinski definition) is 2. The molecule has 3 rings (SSSR count). The van der Waals surface area contributed by atoms with E-state index < -0.39 is 0 Å². The van der Waals surface area contributed by atoms with Crippen LogP contribution in [-0.4, -0.2) is 73.0 Å². The number of piperazine rings is 1. The van der Waals surface area contributed by atoms with E-state index in [1.165, 1.54) is 0 Å². The van der Waals surface area contributed by atoms with Crippen LogP contribution in [0.25, 0.3) is 0 Å². The van der Waals surface area contributed by atoms with Gasteiger partial charge < -0.3 is 15.4 Å². The van der Waals surface area contributed by atoms with Gasteiger partial charge in [0.25, 0.3) is 0 Å². The highest BCUT2D eigenvalue weighted by Gasteiger charge is 2.21. The van der Waals surface area contributed by atoms with Crippen LogP contribution in [0.4, 0.5) is 11.4 Å². The lowest BCUT2D eigenvalue weighted by Crippen LogP contribution is -2.50. The smallest absolute Gasteiger partial charge is 0.338 e. The maximum absolute atomic E-state index is 12.5. The van der Waals surface area contributed by atoms with Gasteiger partial charge in [-0.1, -0.05) is 12.1 Å². The van der Waals surface area contributed by atoms with Gasteiger partial charge in [0.05, 0.1) is 24.8 Å². The second-order valence-corrected chi connectivity index (χ2v) is 8.93. The Bertz CT molecular complexity index is 1010. The normalized spacial score (nSPS) is 14.6. The summed E-state index contributed by atoms with van der Waals surface area (Å²) in [4.78, 5) is 41.0. The molecule has 8 heteroatoms. The second-order valence-electron chi connectivity index (χ2n) is 8.93. The van der Waals surface area contributed by atoms with E-state index in [4.69, 9.17) is 4.74 Å². The zero-order valence-electron chi connectivity index (χ0n) is 20.4. The highest BCUT2D eigenvalue weighted by molar-refractivity contribution is 5.94. The van der Waals surface area contributed by atoms with Gasteiger partial charge in [-0.05, 0) is 69.2 Å². The zero-order valence-corrected chi connectivity index (χ0v) is 20.4. The van der Waals surface area contributed by atoms with Gasteiger partial charge in [0.15, 0.2) is 0 Å². The van der Waals surface area contributed by atoms with Crippen LogP contribution in [0.5, 0.6) is 0 Å². The molecule has 1 aliphatic rings. The van der Waals surface area contributed by atoms with Crippen LogP contribution >= 0.6 is 0 Å². The standard InChI is InChI=1S/C26H34N4O4/c1-18(2)34-26(33)21-8-10-22(11-9-21)27-24(31)16-29-12-14-30(15-13-29)17-25(32)28-23-7-5-6-19(3)20(23)4/h5-11,18H,12-17H2,1-4H3,(H,27,31)(H,28,32). The van der Waals surface area contributed by atoms with Crippen molar-refractivity contribution >= 4 is 29.2 Å². The third-order valence-electron chi connectivity index (χ3n) is 5.83. The van der Waals surface area contributed by atoms with Crippen molar-refractivity contribution in [2.45, 2.75) is 33.8 Å².